The molecule has 2 N–H and O–H groups in total. The lowest BCUT2D eigenvalue weighted by Crippen LogP contribution is -2.50. The van der Waals surface area contributed by atoms with Crippen LogP contribution in [0.5, 0.6) is 0 Å². The number of likely N-dealkylation sites (tertiary alicyclic amines) is 1. The molecule has 1 aromatic rings. The number of ether oxygens (including phenoxy) is 1. The monoisotopic (exact) mass is 321 g/mol. The van der Waals surface area contributed by atoms with Gasteiger partial charge in [0.25, 0.3) is 0 Å². The minimum atomic E-state index is -1.14. The highest BCUT2D eigenvalue weighted by Crippen LogP contribution is 2.26. The fourth-order valence-electron chi connectivity index (χ4n) is 2.73. The van der Waals surface area contributed by atoms with Gasteiger partial charge in [0.1, 0.15) is 12.6 Å². The van der Waals surface area contributed by atoms with Crippen molar-refractivity contribution in [3.8, 4) is 0 Å². The molecular formula is C16H19NO6. The van der Waals surface area contributed by atoms with E-state index in [-0.39, 0.29) is 31.9 Å². The summed E-state index contributed by atoms with van der Waals surface area (Å²) in [6.45, 7) is 0.254. The Hall–Kier alpha value is -2.57. The second-order valence-electron chi connectivity index (χ2n) is 5.58. The number of aliphatic carboxylic acids is 2. The molecule has 7 heteroatoms. The van der Waals surface area contributed by atoms with Crippen molar-refractivity contribution in [2.24, 2.45) is 5.92 Å². The van der Waals surface area contributed by atoms with Gasteiger partial charge in [-0.1, -0.05) is 30.3 Å². The van der Waals surface area contributed by atoms with Crippen LogP contribution in [0.25, 0.3) is 0 Å². The third kappa shape index (κ3) is 4.70. The van der Waals surface area contributed by atoms with Gasteiger partial charge >= 0.3 is 18.0 Å². The van der Waals surface area contributed by atoms with E-state index in [2.05, 4.69) is 0 Å². The van der Waals surface area contributed by atoms with Crippen molar-refractivity contribution in [3.63, 3.8) is 0 Å². The molecule has 2 atom stereocenters. The standard InChI is InChI=1S/C16H19NO6/c18-14(19)9-12-6-7-17(13(8-12)15(20)21)16(22)23-10-11-4-2-1-3-5-11/h1-5,12-13H,6-10H2,(H,18,19)(H,20,21)/t12-,13-/m1/s1. The topological polar surface area (TPSA) is 104 Å². The van der Waals surface area contributed by atoms with Gasteiger partial charge in [0.2, 0.25) is 0 Å². The van der Waals surface area contributed by atoms with E-state index in [1.807, 2.05) is 18.2 Å². The molecule has 0 spiro atoms. The van der Waals surface area contributed by atoms with Crippen LogP contribution in [0.3, 0.4) is 0 Å². The Morgan fingerprint density at radius 1 is 1.17 bits per heavy atom. The molecule has 1 fully saturated rings. The molecule has 7 nitrogen and oxygen atoms in total. The smallest absolute Gasteiger partial charge is 0.410 e. The maximum absolute atomic E-state index is 12.1. The number of rotatable bonds is 5. The Kier molecular flexibility index (Phi) is 5.56. The van der Waals surface area contributed by atoms with E-state index in [0.29, 0.717) is 6.42 Å². The summed E-state index contributed by atoms with van der Waals surface area (Å²) in [5.41, 5.74) is 0.813. The summed E-state index contributed by atoms with van der Waals surface area (Å²) in [7, 11) is 0. The highest BCUT2D eigenvalue weighted by Gasteiger charge is 2.37. The first-order valence-corrected chi connectivity index (χ1v) is 7.39. The molecular weight excluding hydrogens is 302 g/mol. The first-order chi connectivity index (χ1) is 11.0. The second kappa shape index (κ2) is 7.62. The molecule has 0 aliphatic carbocycles. The highest BCUT2D eigenvalue weighted by molar-refractivity contribution is 5.80. The number of hydrogen-bond acceptors (Lipinski definition) is 4. The Balaban J connectivity index is 1.95. The predicted octanol–water partition coefficient (Wildman–Crippen LogP) is 1.96. The minimum Gasteiger partial charge on any atom is -0.481 e. The largest absolute Gasteiger partial charge is 0.481 e. The van der Waals surface area contributed by atoms with Gasteiger partial charge in [0, 0.05) is 13.0 Å². The van der Waals surface area contributed by atoms with E-state index in [9.17, 15) is 19.5 Å². The second-order valence-corrected chi connectivity index (χ2v) is 5.58. The molecule has 23 heavy (non-hydrogen) atoms. The highest BCUT2D eigenvalue weighted by atomic mass is 16.6. The fourth-order valence-corrected chi connectivity index (χ4v) is 2.73. The van der Waals surface area contributed by atoms with Crippen LogP contribution in [0.2, 0.25) is 0 Å². The lowest BCUT2D eigenvalue weighted by Gasteiger charge is -2.35. The van der Waals surface area contributed by atoms with Gasteiger partial charge in [-0.3, -0.25) is 9.69 Å². The SMILES string of the molecule is O=C(O)C[C@@H]1CCN(C(=O)OCc2ccccc2)[C@@H](C(=O)O)C1. The molecule has 0 saturated carbocycles. The molecule has 0 radical (unpaired) electrons. The van der Waals surface area contributed by atoms with Gasteiger partial charge in [0.05, 0.1) is 0 Å². The van der Waals surface area contributed by atoms with E-state index in [1.165, 1.54) is 4.90 Å². The Bertz CT molecular complexity index is 573. The number of hydrogen-bond donors (Lipinski definition) is 2. The molecule has 1 amide bonds. The summed E-state index contributed by atoms with van der Waals surface area (Å²) in [4.78, 5) is 35.5. The zero-order valence-electron chi connectivity index (χ0n) is 12.6. The van der Waals surface area contributed by atoms with Crippen LogP contribution in [0.1, 0.15) is 24.8 Å². The van der Waals surface area contributed by atoms with Crippen molar-refractivity contribution in [3.05, 3.63) is 35.9 Å². The molecule has 1 aliphatic heterocycles. The number of carbonyl (C=O) groups excluding carboxylic acids is 1. The summed E-state index contributed by atoms with van der Waals surface area (Å²) in [6.07, 6.45) is -0.190. The van der Waals surface area contributed by atoms with Gasteiger partial charge in [-0.25, -0.2) is 9.59 Å². The van der Waals surface area contributed by atoms with E-state index in [4.69, 9.17) is 9.84 Å². The molecule has 0 bridgehead atoms. The number of carboxylic acids is 2. The average molecular weight is 321 g/mol. The molecule has 124 valence electrons. The first-order valence-electron chi connectivity index (χ1n) is 7.39. The Morgan fingerprint density at radius 2 is 1.87 bits per heavy atom. The lowest BCUT2D eigenvalue weighted by molar-refractivity contribution is -0.146. The van der Waals surface area contributed by atoms with Crippen LogP contribution in [0, 0.1) is 5.92 Å². The zero-order valence-corrected chi connectivity index (χ0v) is 12.6. The fraction of sp³-hybridized carbons (Fsp3) is 0.438. The van der Waals surface area contributed by atoms with Crippen LogP contribution in [-0.4, -0.2) is 45.7 Å². The Labute approximate surface area is 133 Å². The maximum atomic E-state index is 12.1. The van der Waals surface area contributed by atoms with Crippen molar-refractivity contribution in [1.29, 1.82) is 0 Å². The van der Waals surface area contributed by atoms with Crippen molar-refractivity contribution in [1.82, 2.24) is 4.90 Å². The van der Waals surface area contributed by atoms with Crippen LogP contribution < -0.4 is 0 Å². The van der Waals surface area contributed by atoms with Gasteiger partial charge in [-0.05, 0) is 24.3 Å². The van der Waals surface area contributed by atoms with E-state index in [0.717, 1.165) is 5.56 Å². The van der Waals surface area contributed by atoms with Crippen LogP contribution >= 0.6 is 0 Å². The third-order valence-electron chi connectivity index (χ3n) is 3.90. The van der Waals surface area contributed by atoms with Crippen LogP contribution in [-0.2, 0) is 20.9 Å². The molecule has 2 rings (SSSR count). The summed E-state index contributed by atoms with van der Waals surface area (Å²) >= 11 is 0. The molecule has 0 unspecified atom stereocenters. The first kappa shape index (κ1) is 16.8. The summed E-state index contributed by atoms with van der Waals surface area (Å²) in [5.74, 6) is -2.34. The van der Waals surface area contributed by atoms with Crippen LogP contribution in [0.4, 0.5) is 4.79 Å². The quantitative estimate of drug-likeness (QED) is 0.859. The molecule has 1 heterocycles. The van der Waals surface area contributed by atoms with Crippen molar-refractivity contribution in [2.45, 2.75) is 31.9 Å². The van der Waals surface area contributed by atoms with Crippen molar-refractivity contribution in [2.75, 3.05) is 6.54 Å². The van der Waals surface area contributed by atoms with E-state index < -0.39 is 24.1 Å². The van der Waals surface area contributed by atoms with E-state index >= 15 is 0 Å². The summed E-state index contributed by atoms with van der Waals surface area (Å²) in [6, 6.07) is 8.05. The molecule has 0 aromatic heterocycles. The number of piperidine rings is 1. The molecule has 1 saturated heterocycles. The average Bonchev–Trinajstić information content (AvgIpc) is 2.53. The number of carboxylic acid groups (broad SMARTS) is 2. The number of carbonyl (C=O) groups is 3. The molecule has 1 aromatic carbocycles. The van der Waals surface area contributed by atoms with E-state index in [1.54, 1.807) is 12.1 Å². The minimum absolute atomic E-state index is 0.0705. The maximum Gasteiger partial charge on any atom is 0.410 e. The lowest BCUT2D eigenvalue weighted by atomic mass is 9.88. The van der Waals surface area contributed by atoms with Gasteiger partial charge in [-0.2, -0.15) is 0 Å². The van der Waals surface area contributed by atoms with Crippen LogP contribution in [0.15, 0.2) is 30.3 Å². The zero-order chi connectivity index (χ0) is 16.8. The number of amides is 1. The van der Waals surface area contributed by atoms with Crippen molar-refractivity contribution < 1.29 is 29.3 Å². The Morgan fingerprint density at radius 3 is 2.48 bits per heavy atom. The third-order valence-corrected chi connectivity index (χ3v) is 3.90. The molecule has 1 aliphatic rings. The number of benzene rings is 1. The van der Waals surface area contributed by atoms with Crippen molar-refractivity contribution >= 4 is 18.0 Å². The summed E-state index contributed by atoms with van der Waals surface area (Å²) < 4.78 is 5.17. The number of nitrogens with zero attached hydrogens (tertiary/aromatic N) is 1. The summed E-state index contributed by atoms with van der Waals surface area (Å²) in [5, 5.41) is 18.1. The normalized spacial score (nSPS) is 20.8. The predicted molar refractivity (Wildman–Crippen MR) is 79.7 cm³/mol. The van der Waals surface area contributed by atoms with Gasteiger partial charge < -0.3 is 14.9 Å². The van der Waals surface area contributed by atoms with Gasteiger partial charge in [-0.15, -0.1) is 0 Å². The van der Waals surface area contributed by atoms with Gasteiger partial charge in [0.15, 0.2) is 0 Å².